The van der Waals surface area contributed by atoms with Gasteiger partial charge in [0, 0.05) is 0 Å². The molecule has 2 nitrogen and oxygen atoms in total. The summed E-state index contributed by atoms with van der Waals surface area (Å²) < 4.78 is 25.9. The third kappa shape index (κ3) is 1.71. The van der Waals surface area contributed by atoms with E-state index < -0.39 is 18.8 Å². The molecular formula is C8H9BF2O2. The van der Waals surface area contributed by atoms with Gasteiger partial charge in [-0.05, 0) is 30.4 Å². The summed E-state index contributed by atoms with van der Waals surface area (Å²) in [4.78, 5) is 0. The van der Waals surface area contributed by atoms with Crippen molar-refractivity contribution in [1.29, 1.82) is 0 Å². The van der Waals surface area contributed by atoms with Crippen LogP contribution < -0.4 is 5.46 Å². The molecule has 1 aromatic carbocycles. The largest absolute Gasteiger partial charge is 0.488 e. The molecule has 0 atom stereocenters. The smallest absolute Gasteiger partial charge is 0.423 e. The predicted octanol–water partition coefficient (Wildman–Crippen LogP) is 0.261. The molecule has 0 amide bonds. The van der Waals surface area contributed by atoms with Gasteiger partial charge in [0.25, 0.3) is 0 Å². The molecule has 0 spiro atoms. The quantitative estimate of drug-likeness (QED) is 0.617. The molecule has 0 fully saturated rings. The van der Waals surface area contributed by atoms with E-state index in [1.807, 2.05) is 0 Å². The fraction of sp³-hybridized carbons (Fsp3) is 0.250. The maximum atomic E-state index is 13.0. The second-order valence-corrected chi connectivity index (χ2v) is 2.91. The van der Waals surface area contributed by atoms with Crippen molar-refractivity contribution in [1.82, 2.24) is 0 Å². The van der Waals surface area contributed by atoms with Gasteiger partial charge in [-0.15, -0.1) is 0 Å². The van der Waals surface area contributed by atoms with Gasteiger partial charge < -0.3 is 10.0 Å². The molecule has 1 aromatic rings. The maximum absolute atomic E-state index is 13.0. The molecule has 70 valence electrons. The normalized spacial score (nSPS) is 10.3. The second kappa shape index (κ2) is 3.43. The molecule has 0 aliphatic heterocycles. The predicted molar refractivity (Wildman–Crippen MR) is 45.7 cm³/mol. The van der Waals surface area contributed by atoms with Crippen LogP contribution in [0.4, 0.5) is 8.78 Å². The van der Waals surface area contributed by atoms with Crippen molar-refractivity contribution in [3.63, 3.8) is 0 Å². The van der Waals surface area contributed by atoms with Crippen LogP contribution in [0.15, 0.2) is 6.07 Å². The summed E-state index contributed by atoms with van der Waals surface area (Å²) in [5, 5.41) is 17.6. The van der Waals surface area contributed by atoms with Crippen molar-refractivity contribution in [2.24, 2.45) is 0 Å². The van der Waals surface area contributed by atoms with Gasteiger partial charge in [-0.1, -0.05) is 6.07 Å². The number of aryl methyl sites for hydroxylation is 1. The van der Waals surface area contributed by atoms with Gasteiger partial charge in [0.2, 0.25) is 0 Å². The van der Waals surface area contributed by atoms with Crippen molar-refractivity contribution in [2.75, 3.05) is 0 Å². The van der Waals surface area contributed by atoms with Crippen LogP contribution in [-0.4, -0.2) is 17.2 Å². The van der Waals surface area contributed by atoms with Gasteiger partial charge in [-0.3, -0.25) is 0 Å². The number of benzene rings is 1. The molecule has 0 bridgehead atoms. The number of hydrogen-bond acceptors (Lipinski definition) is 2. The standard InChI is InChI=1S/C8H9BF2O2/c1-4-3-6(9(12)13)5(2)8(11)7(4)10/h3,12-13H,1-2H3. The lowest BCUT2D eigenvalue weighted by atomic mass is 9.76. The van der Waals surface area contributed by atoms with Gasteiger partial charge in [0.05, 0.1) is 0 Å². The highest BCUT2D eigenvalue weighted by molar-refractivity contribution is 6.59. The van der Waals surface area contributed by atoms with E-state index in [0.717, 1.165) is 0 Å². The van der Waals surface area contributed by atoms with Crippen molar-refractivity contribution >= 4 is 12.6 Å². The summed E-state index contributed by atoms with van der Waals surface area (Å²) in [5.41, 5.74) is -0.0132. The van der Waals surface area contributed by atoms with Gasteiger partial charge in [-0.2, -0.15) is 0 Å². The van der Waals surface area contributed by atoms with Gasteiger partial charge in [0.1, 0.15) is 0 Å². The van der Waals surface area contributed by atoms with Gasteiger partial charge in [-0.25, -0.2) is 8.78 Å². The molecule has 1 rings (SSSR count). The minimum atomic E-state index is -1.77. The molecule has 0 aliphatic rings. The third-order valence-electron chi connectivity index (χ3n) is 1.95. The van der Waals surface area contributed by atoms with Gasteiger partial charge in [0.15, 0.2) is 11.6 Å². The summed E-state index contributed by atoms with van der Waals surface area (Å²) in [6.07, 6.45) is 0. The fourth-order valence-corrected chi connectivity index (χ4v) is 1.14. The molecule has 0 saturated carbocycles. The molecule has 2 N–H and O–H groups in total. The minimum Gasteiger partial charge on any atom is -0.423 e. The monoisotopic (exact) mass is 186 g/mol. The van der Waals surface area contributed by atoms with E-state index in [2.05, 4.69) is 0 Å². The topological polar surface area (TPSA) is 40.5 Å². The summed E-state index contributed by atoms with van der Waals surface area (Å²) in [5.74, 6) is -1.97. The Morgan fingerprint density at radius 1 is 1.15 bits per heavy atom. The van der Waals surface area contributed by atoms with Crippen LogP contribution in [0.1, 0.15) is 11.1 Å². The molecule has 5 heteroatoms. The zero-order chi connectivity index (χ0) is 10.2. The summed E-state index contributed by atoms with van der Waals surface area (Å²) in [6, 6.07) is 1.22. The molecule has 0 unspecified atom stereocenters. The minimum absolute atomic E-state index is 0.00333. The Kier molecular flexibility index (Phi) is 2.68. The first-order chi connectivity index (χ1) is 5.95. The van der Waals surface area contributed by atoms with E-state index in [4.69, 9.17) is 10.0 Å². The Morgan fingerprint density at radius 2 is 1.69 bits per heavy atom. The maximum Gasteiger partial charge on any atom is 0.488 e. The van der Waals surface area contributed by atoms with Crippen LogP contribution in [0, 0.1) is 25.5 Å². The number of halogens is 2. The van der Waals surface area contributed by atoms with Crippen LogP contribution >= 0.6 is 0 Å². The summed E-state index contributed by atoms with van der Waals surface area (Å²) >= 11 is 0. The van der Waals surface area contributed by atoms with Crippen LogP contribution in [0.25, 0.3) is 0 Å². The Labute approximate surface area is 75.0 Å². The van der Waals surface area contributed by atoms with Crippen molar-refractivity contribution in [3.05, 3.63) is 28.8 Å². The molecule has 0 saturated heterocycles. The number of rotatable bonds is 1. The van der Waals surface area contributed by atoms with Crippen molar-refractivity contribution in [2.45, 2.75) is 13.8 Å². The lowest BCUT2D eigenvalue weighted by molar-refractivity contribution is 0.424. The molecule has 0 aliphatic carbocycles. The molecule has 0 heterocycles. The summed E-state index contributed by atoms with van der Waals surface area (Å²) in [7, 11) is -1.77. The second-order valence-electron chi connectivity index (χ2n) is 2.91. The average molecular weight is 186 g/mol. The zero-order valence-electron chi connectivity index (χ0n) is 7.31. The fourth-order valence-electron chi connectivity index (χ4n) is 1.14. The van der Waals surface area contributed by atoms with Gasteiger partial charge >= 0.3 is 7.12 Å². The van der Waals surface area contributed by atoms with E-state index in [1.54, 1.807) is 0 Å². The lowest BCUT2D eigenvalue weighted by Gasteiger charge is -2.08. The molecular weight excluding hydrogens is 177 g/mol. The third-order valence-corrected chi connectivity index (χ3v) is 1.95. The van der Waals surface area contributed by atoms with Crippen LogP contribution in [-0.2, 0) is 0 Å². The van der Waals surface area contributed by atoms with E-state index in [0.29, 0.717) is 0 Å². The first-order valence-electron chi connectivity index (χ1n) is 3.76. The SMILES string of the molecule is Cc1cc(B(O)O)c(C)c(F)c1F. The Bertz CT molecular complexity index is 339. The van der Waals surface area contributed by atoms with Crippen LogP contribution in [0.5, 0.6) is 0 Å². The molecule has 0 radical (unpaired) electrons. The lowest BCUT2D eigenvalue weighted by Crippen LogP contribution is -2.33. The zero-order valence-corrected chi connectivity index (χ0v) is 7.31. The van der Waals surface area contributed by atoms with E-state index in [1.165, 1.54) is 19.9 Å². The van der Waals surface area contributed by atoms with Crippen molar-refractivity contribution < 1.29 is 18.8 Å². The molecule has 13 heavy (non-hydrogen) atoms. The van der Waals surface area contributed by atoms with E-state index in [-0.39, 0.29) is 16.6 Å². The number of hydrogen-bond donors (Lipinski definition) is 2. The Balaban J connectivity index is 3.41. The van der Waals surface area contributed by atoms with E-state index in [9.17, 15) is 8.78 Å². The van der Waals surface area contributed by atoms with E-state index >= 15 is 0 Å². The average Bonchev–Trinajstić information content (AvgIpc) is 2.07. The first-order valence-corrected chi connectivity index (χ1v) is 3.76. The van der Waals surface area contributed by atoms with Crippen LogP contribution in [0.2, 0.25) is 0 Å². The summed E-state index contributed by atoms with van der Waals surface area (Å²) in [6.45, 7) is 2.66. The Morgan fingerprint density at radius 3 is 2.15 bits per heavy atom. The Hall–Kier alpha value is -0.935. The van der Waals surface area contributed by atoms with Crippen molar-refractivity contribution in [3.8, 4) is 0 Å². The highest BCUT2D eigenvalue weighted by atomic mass is 19.2. The highest BCUT2D eigenvalue weighted by Crippen LogP contribution is 2.13. The molecule has 0 aromatic heterocycles. The van der Waals surface area contributed by atoms with Crippen LogP contribution in [0.3, 0.4) is 0 Å². The highest BCUT2D eigenvalue weighted by Gasteiger charge is 2.20. The first kappa shape index (κ1) is 10.1.